The molecule has 0 aromatic heterocycles. The van der Waals surface area contributed by atoms with Crippen molar-refractivity contribution in [2.45, 2.75) is 25.8 Å². The van der Waals surface area contributed by atoms with Crippen LogP contribution in [0.1, 0.15) is 31.4 Å². The summed E-state index contributed by atoms with van der Waals surface area (Å²) in [5.41, 5.74) is 0.640. The van der Waals surface area contributed by atoms with Gasteiger partial charge < -0.3 is 20.2 Å². The Morgan fingerprint density at radius 1 is 1.20 bits per heavy atom. The second-order valence-corrected chi connectivity index (χ2v) is 5.97. The summed E-state index contributed by atoms with van der Waals surface area (Å²) >= 11 is 0. The van der Waals surface area contributed by atoms with Gasteiger partial charge in [-0.05, 0) is 12.0 Å². The van der Waals surface area contributed by atoms with E-state index < -0.39 is 23.8 Å². The van der Waals surface area contributed by atoms with Gasteiger partial charge in [0.1, 0.15) is 6.04 Å². The molecule has 1 fully saturated rings. The van der Waals surface area contributed by atoms with E-state index in [1.54, 1.807) is 29.2 Å². The fourth-order valence-corrected chi connectivity index (χ4v) is 2.88. The van der Waals surface area contributed by atoms with Gasteiger partial charge in [-0.15, -0.1) is 0 Å². The van der Waals surface area contributed by atoms with Gasteiger partial charge in [-0.3, -0.25) is 14.4 Å². The van der Waals surface area contributed by atoms with Gasteiger partial charge >= 0.3 is 11.8 Å². The molecule has 2 rings (SSSR count). The summed E-state index contributed by atoms with van der Waals surface area (Å²) in [4.78, 5) is 40.4. The molecule has 0 unspecified atom stereocenters. The van der Waals surface area contributed by atoms with Gasteiger partial charge in [0.2, 0.25) is 5.91 Å². The Bertz CT molecular complexity index is 606. The molecule has 136 valence electrons. The number of hydrogen-bond donors (Lipinski definition) is 2. The highest BCUT2D eigenvalue weighted by Gasteiger charge is 2.39. The van der Waals surface area contributed by atoms with E-state index in [4.69, 9.17) is 5.11 Å². The maximum absolute atomic E-state index is 12.6. The highest BCUT2D eigenvalue weighted by atomic mass is 16.3. The number of aliphatic hydroxyl groups is 1. The summed E-state index contributed by atoms with van der Waals surface area (Å²) in [6.45, 7) is 3.22. The minimum absolute atomic E-state index is 0.0980. The van der Waals surface area contributed by atoms with Crippen LogP contribution in [0, 0.1) is 0 Å². The second-order valence-electron chi connectivity index (χ2n) is 5.97. The molecule has 3 amide bonds. The predicted molar refractivity (Wildman–Crippen MR) is 92.5 cm³/mol. The molecule has 25 heavy (non-hydrogen) atoms. The fourth-order valence-electron chi connectivity index (χ4n) is 2.88. The Balaban J connectivity index is 2.21. The van der Waals surface area contributed by atoms with Gasteiger partial charge in [-0.2, -0.15) is 0 Å². The van der Waals surface area contributed by atoms with Crippen LogP contribution in [0.3, 0.4) is 0 Å². The lowest BCUT2D eigenvalue weighted by atomic mass is 10.0. The van der Waals surface area contributed by atoms with Crippen LogP contribution in [-0.2, 0) is 14.4 Å². The van der Waals surface area contributed by atoms with E-state index in [1.807, 2.05) is 13.0 Å². The number of hydrogen-bond acceptors (Lipinski definition) is 4. The number of piperazine rings is 1. The van der Waals surface area contributed by atoms with Crippen LogP contribution in [0.5, 0.6) is 0 Å². The van der Waals surface area contributed by atoms with Crippen LogP contribution in [0.15, 0.2) is 30.3 Å². The molecule has 1 saturated heterocycles. The number of benzene rings is 1. The van der Waals surface area contributed by atoms with E-state index in [0.29, 0.717) is 25.2 Å². The van der Waals surface area contributed by atoms with Crippen LogP contribution >= 0.6 is 0 Å². The predicted octanol–water partition coefficient (Wildman–Crippen LogP) is 0.307. The zero-order valence-electron chi connectivity index (χ0n) is 14.5. The second kappa shape index (κ2) is 9.17. The van der Waals surface area contributed by atoms with Gasteiger partial charge in [-0.25, -0.2) is 0 Å². The zero-order valence-corrected chi connectivity index (χ0v) is 14.5. The molecule has 1 aromatic rings. The molecule has 7 nitrogen and oxygen atoms in total. The summed E-state index contributed by atoms with van der Waals surface area (Å²) in [5, 5.41) is 11.5. The van der Waals surface area contributed by atoms with Crippen LogP contribution < -0.4 is 5.32 Å². The average Bonchev–Trinajstić information content (AvgIpc) is 2.64. The first-order chi connectivity index (χ1) is 12.1. The number of nitrogens with zero attached hydrogens (tertiary/aromatic N) is 2. The number of rotatable bonds is 8. The fraction of sp³-hybridized carbons (Fsp3) is 0.500. The van der Waals surface area contributed by atoms with Crippen molar-refractivity contribution in [2.75, 3.05) is 32.8 Å². The summed E-state index contributed by atoms with van der Waals surface area (Å²) in [6.07, 6.45) is 1.79. The maximum atomic E-state index is 12.6. The lowest BCUT2D eigenvalue weighted by Gasteiger charge is -2.38. The quantitative estimate of drug-likeness (QED) is 0.662. The minimum atomic E-state index is -0.877. The van der Waals surface area contributed by atoms with Gasteiger partial charge in [0.05, 0.1) is 6.61 Å². The smallest absolute Gasteiger partial charge is 0.313 e. The van der Waals surface area contributed by atoms with Gasteiger partial charge in [0.15, 0.2) is 0 Å². The van der Waals surface area contributed by atoms with Crippen molar-refractivity contribution in [1.82, 2.24) is 15.1 Å². The molecular weight excluding hydrogens is 322 g/mol. The third-order valence-electron chi connectivity index (χ3n) is 4.21. The first kappa shape index (κ1) is 18.9. The maximum Gasteiger partial charge on any atom is 0.313 e. The van der Waals surface area contributed by atoms with Crippen molar-refractivity contribution >= 4 is 17.7 Å². The SMILES string of the molecule is CCCCN1CCN([C@@H](C(=O)NCCO)c2ccccc2)C(=O)C1=O. The van der Waals surface area contributed by atoms with E-state index in [1.165, 1.54) is 4.90 Å². The molecule has 1 aliphatic heterocycles. The van der Waals surface area contributed by atoms with E-state index in [0.717, 1.165) is 12.8 Å². The molecule has 1 aliphatic rings. The number of carbonyl (C=O) groups is 3. The van der Waals surface area contributed by atoms with E-state index in [9.17, 15) is 14.4 Å². The summed E-state index contributed by atoms with van der Waals surface area (Å²) < 4.78 is 0. The Morgan fingerprint density at radius 2 is 1.92 bits per heavy atom. The number of aliphatic hydroxyl groups excluding tert-OH is 1. The first-order valence-electron chi connectivity index (χ1n) is 8.63. The largest absolute Gasteiger partial charge is 0.395 e. The molecule has 2 N–H and O–H groups in total. The first-order valence-corrected chi connectivity index (χ1v) is 8.63. The van der Waals surface area contributed by atoms with Crippen LogP contribution in [-0.4, -0.2) is 65.4 Å². The number of nitrogens with one attached hydrogen (secondary N) is 1. The molecule has 0 aliphatic carbocycles. The van der Waals surface area contributed by atoms with E-state index >= 15 is 0 Å². The molecule has 0 bridgehead atoms. The van der Waals surface area contributed by atoms with Crippen LogP contribution in [0.4, 0.5) is 0 Å². The van der Waals surface area contributed by atoms with E-state index in [2.05, 4.69) is 5.32 Å². The summed E-state index contributed by atoms with van der Waals surface area (Å²) in [5.74, 6) is -1.62. The van der Waals surface area contributed by atoms with Crippen LogP contribution in [0.2, 0.25) is 0 Å². The van der Waals surface area contributed by atoms with Gasteiger partial charge in [0.25, 0.3) is 0 Å². The van der Waals surface area contributed by atoms with Gasteiger partial charge in [0, 0.05) is 26.2 Å². The van der Waals surface area contributed by atoms with Crippen molar-refractivity contribution in [3.05, 3.63) is 35.9 Å². The third-order valence-corrected chi connectivity index (χ3v) is 4.21. The Kier molecular flexibility index (Phi) is 6.94. The molecule has 0 radical (unpaired) electrons. The molecule has 1 atom stereocenters. The van der Waals surface area contributed by atoms with Crippen molar-refractivity contribution in [3.8, 4) is 0 Å². The van der Waals surface area contributed by atoms with Gasteiger partial charge in [-0.1, -0.05) is 43.7 Å². The van der Waals surface area contributed by atoms with Crippen LogP contribution in [0.25, 0.3) is 0 Å². The lowest BCUT2D eigenvalue weighted by molar-refractivity contribution is -0.159. The van der Waals surface area contributed by atoms with E-state index in [-0.39, 0.29) is 13.2 Å². The average molecular weight is 347 g/mol. The normalized spacial score (nSPS) is 16.1. The number of amides is 3. The standard InChI is InChI=1S/C18H25N3O4/c1-2-3-10-20-11-12-21(18(25)17(20)24)15(16(23)19-9-13-22)14-7-5-4-6-8-14/h4-8,15,22H,2-3,9-13H2,1H3,(H,19,23)/t15-/m1/s1. The lowest BCUT2D eigenvalue weighted by Crippen LogP contribution is -2.57. The molecule has 1 aromatic carbocycles. The minimum Gasteiger partial charge on any atom is -0.395 e. The van der Waals surface area contributed by atoms with Crippen molar-refractivity contribution < 1.29 is 19.5 Å². The molecule has 1 heterocycles. The molecule has 7 heteroatoms. The third kappa shape index (κ3) is 4.57. The molecule has 0 spiro atoms. The van der Waals surface area contributed by atoms with Crippen molar-refractivity contribution in [2.24, 2.45) is 0 Å². The Labute approximate surface area is 147 Å². The van der Waals surface area contributed by atoms with Crippen molar-refractivity contribution in [3.63, 3.8) is 0 Å². The summed E-state index contributed by atoms with van der Waals surface area (Å²) in [7, 11) is 0. The summed E-state index contributed by atoms with van der Waals surface area (Å²) in [6, 6.07) is 8.02. The number of carbonyl (C=O) groups excluding carboxylic acids is 3. The van der Waals surface area contributed by atoms with Crippen molar-refractivity contribution in [1.29, 1.82) is 0 Å². The molecular formula is C18H25N3O4. The monoisotopic (exact) mass is 347 g/mol. The molecule has 0 saturated carbocycles. The zero-order chi connectivity index (χ0) is 18.2. The highest BCUT2D eigenvalue weighted by Crippen LogP contribution is 2.24. The number of unbranched alkanes of at least 4 members (excludes halogenated alkanes) is 1. The highest BCUT2D eigenvalue weighted by molar-refractivity contribution is 6.35. The topological polar surface area (TPSA) is 89.9 Å². The Morgan fingerprint density at radius 3 is 2.56 bits per heavy atom. The Hall–Kier alpha value is -2.41.